The van der Waals surface area contributed by atoms with E-state index in [1.165, 1.54) is 22.3 Å². The van der Waals surface area contributed by atoms with E-state index in [9.17, 15) is 4.79 Å². The second-order valence-corrected chi connectivity index (χ2v) is 6.16. The Hall–Kier alpha value is -1.39. The molecule has 4 heteroatoms. The minimum absolute atomic E-state index is 0.783. The average molecular weight is 348 g/mol. The van der Waals surface area contributed by atoms with Crippen molar-refractivity contribution in [2.45, 2.75) is 11.8 Å². The van der Waals surface area contributed by atoms with Gasteiger partial charge in [0.25, 0.3) is 0 Å². The van der Waals surface area contributed by atoms with Crippen molar-refractivity contribution >= 4 is 44.8 Å². The van der Waals surface area contributed by atoms with Crippen molar-refractivity contribution in [2.75, 3.05) is 7.05 Å². The molecule has 0 unspecified atom stereocenters. The number of alkyl halides is 1. The highest BCUT2D eigenvalue weighted by molar-refractivity contribution is 9.08. The van der Waals surface area contributed by atoms with Gasteiger partial charge in [-0.15, -0.1) is 11.3 Å². The number of rotatable bonds is 4. The van der Waals surface area contributed by atoms with Crippen molar-refractivity contribution in [1.82, 2.24) is 5.32 Å². The van der Waals surface area contributed by atoms with Gasteiger partial charge in [0.1, 0.15) is 0 Å². The number of benzene rings is 1. The minimum atomic E-state index is 0.783. The Morgan fingerprint density at radius 2 is 2.25 bits per heavy atom. The van der Waals surface area contributed by atoms with Crippen LogP contribution >= 0.6 is 27.3 Å². The van der Waals surface area contributed by atoms with Crippen molar-refractivity contribution in [3.8, 4) is 0 Å². The number of aldehydes is 1. The van der Waals surface area contributed by atoms with Crippen LogP contribution in [-0.2, 0) is 11.8 Å². The third-order valence-electron chi connectivity index (χ3n) is 3.69. The Kier molecular flexibility index (Phi) is 3.76. The highest BCUT2D eigenvalue weighted by Gasteiger charge is 2.25. The monoisotopic (exact) mass is 347 g/mol. The van der Waals surface area contributed by atoms with Crippen LogP contribution in [0.25, 0.3) is 11.3 Å². The largest absolute Gasteiger partial charge is 0.387 e. The molecule has 1 aromatic carbocycles. The number of thiophene rings is 1. The summed E-state index contributed by atoms with van der Waals surface area (Å²) in [7, 11) is 1.94. The van der Waals surface area contributed by atoms with Crippen LogP contribution in [0.1, 0.15) is 31.9 Å². The highest BCUT2D eigenvalue weighted by atomic mass is 79.9. The summed E-state index contributed by atoms with van der Waals surface area (Å²) < 4.78 is 0. The van der Waals surface area contributed by atoms with Crippen LogP contribution < -0.4 is 5.32 Å². The maximum atomic E-state index is 11.2. The summed E-state index contributed by atoms with van der Waals surface area (Å²) in [6.07, 6.45) is 1.83. The average Bonchev–Trinajstić information content (AvgIpc) is 3.09. The van der Waals surface area contributed by atoms with Gasteiger partial charge in [-0.1, -0.05) is 34.1 Å². The Labute approximate surface area is 130 Å². The van der Waals surface area contributed by atoms with Crippen LogP contribution in [0.15, 0.2) is 29.6 Å². The molecule has 0 spiro atoms. The Morgan fingerprint density at radius 1 is 1.40 bits per heavy atom. The number of hydrogen-bond acceptors (Lipinski definition) is 3. The zero-order chi connectivity index (χ0) is 14.1. The molecule has 0 fully saturated rings. The third kappa shape index (κ3) is 2.03. The number of carbonyl (C=O) groups excluding carboxylic acids is 1. The van der Waals surface area contributed by atoms with Gasteiger partial charge in [-0.05, 0) is 28.1 Å². The highest BCUT2D eigenvalue weighted by Crippen LogP contribution is 2.41. The van der Waals surface area contributed by atoms with Gasteiger partial charge in [-0.25, -0.2) is 0 Å². The fourth-order valence-electron chi connectivity index (χ4n) is 2.77. The van der Waals surface area contributed by atoms with E-state index in [2.05, 4.69) is 39.4 Å². The molecule has 0 bridgehead atoms. The van der Waals surface area contributed by atoms with E-state index in [0.717, 1.165) is 34.2 Å². The predicted octanol–water partition coefficient (Wildman–Crippen LogP) is 4.10. The van der Waals surface area contributed by atoms with Crippen LogP contribution in [-0.4, -0.2) is 13.3 Å². The lowest BCUT2D eigenvalue weighted by Crippen LogP contribution is -2.05. The maximum Gasteiger partial charge on any atom is 0.151 e. The van der Waals surface area contributed by atoms with Crippen molar-refractivity contribution in [3.63, 3.8) is 0 Å². The molecule has 1 N–H and O–H groups in total. The molecule has 0 radical (unpaired) electrons. The number of hydrogen-bond donors (Lipinski definition) is 1. The molecule has 1 aromatic heterocycles. The second kappa shape index (κ2) is 5.54. The Balaban J connectivity index is 2.16. The number of carbonyl (C=O) groups is 1. The van der Waals surface area contributed by atoms with Gasteiger partial charge < -0.3 is 5.32 Å². The smallest absolute Gasteiger partial charge is 0.151 e. The quantitative estimate of drug-likeness (QED) is 0.666. The Morgan fingerprint density at radius 3 is 2.95 bits per heavy atom. The van der Waals surface area contributed by atoms with Gasteiger partial charge in [0.2, 0.25) is 0 Å². The maximum absolute atomic E-state index is 11.2. The molecule has 0 aliphatic heterocycles. The third-order valence-corrected chi connectivity index (χ3v) is 5.28. The van der Waals surface area contributed by atoms with Crippen LogP contribution in [0.3, 0.4) is 0 Å². The molecule has 0 saturated heterocycles. The van der Waals surface area contributed by atoms with E-state index in [1.54, 1.807) is 11.3 Å². The first kappa shape index (κ1) is 13.6. The van der Waals surface area contributed by atoms with Gasteiger partial charge in [0.05, 0.1) is 0 Å². The van der Waals surface area contributed by atoms with Gasteiger partial charge in [-0.2, -0.15) is 0 Å². The summed E-state index contributed by atoms with van der Waals surface area (Å²) >= 11 is 5.19. The lowest BCUT2D eigenvalue weighted by atomic mass is 10.0. The summed E-state index contributed by atoms with van der Waals surface area (Å²) in [5, 5.41) is 6.15. The molecule has 1 aliphatic rings. The first-order chi connectivity index (χ1) is 9.80. The minimum Gasteiger partial charge on any atom is -0.387 e. The first-order valence-electron chi connectivity index (χ1n) is 6.41. The van der Waals surface area contributed by atoms with Crippen molar-refractivity contribution in [2.24, 2.45) is 0 Å². The zero-order valence-corrected chi connectivity index (χ0v) is 13.5. The van der Waals surface area contributed by atoms with E-state index in [4.69, 9.17) is 0 Å². The van der Waals surface area contributed by atoms with Crippen molar-refractivity contribution in [3.05, 3.63) is 56.8 Å². The molecule has 102 valence electrons. The molecule has 1 heterocycles. The molecular formula is C16H14BrNOS. The molecular weight excluding hydrogens is 334 g/mol. The molecule has 0 saturated carbocycles. The lowest BCUT2D eigenvalue weighted by Gasteiger charge is -2.08. The second-order valence-electron chi connectivity index (χ2n) is 4.68. The van der Waals surface area contributed by atoms with Gasteiger partial charge >= 0.3 is 0 Å². The normalized spacial score (nSPS) is 13.5. The fraction of sp³-hybridized carbons (Fsp3) is 0.188. The van der Waals surface area contributed by atoms with Gasteiger partial charge in [0, 0.05) is 40.5 Å². The molecule has 0 amide bonds. The standard InChI is InChI=1S/C16H14BrNOS/c1-18-15-12-4-2-3-10(8-17)13(12)7-14(15)16-11(9-19)5-6-20-16/h2-6,9,18H,7-8H2,1H3. The SMILES string of the molecule is CNC1=C(c2sccc2C=O)Cc2c(CBr)cccc21. The molecule has 0 atom stereocenters. The van der Waals surface area contributed by atoms with Gasteiger partial charge in [0.15, 0.2) is 6.29 Å². The van der Waals surface area contributed by atoms with Crippen molar-refractivity contribution in [1.29, 1.82) is 0 Å². The summed E-state index contributed by atoms with van der Waals surface area (Å²) in [5.41, 5.74) is 7.08. The van der Waals surface area contributed by atoms with E-state index < -0.39 is 0 Å². The molecule has 1 aliphatic carbocycles. The lowest BCUT2D eigenvalue weighted by molar-refractivity contribution is 0.112. The van der Waals surface area contributed by atoms with Crippen LogP contribution in [0.4, 0.5) is 0 Å². The van der Waals surface area contributed by atoms with E-state index >= 15 is 0 Å². The molecule has 3 rings (SSSR count). The van der Waals surface area contributed by atoms with E-state index in [0.29, 0.717) is 0 Å². The number of halogens is 1. The number of fused-ring (bicyclic) bond motifs is 1. The fourth-order valence-corrected chi connectivity index (χ4v) is 4.21. The number of allylic oxidation sites excluding steroid dienone is 1. The van der Waals surface area contributed by atoms with Crippen molar-refractivity contribution < 1.29 is 4.79 Å². The van der Waals surface area contributed by atoms with Crippen LogP contribution in [0, 0.1) is 0 Å². The zero-order valence-electron chi connectivity index (χ0n) is 11.1. The Bertz CT molecular complexity index is 702. The van der Waals surface area contributed by atoms with Crippen LogP contribution in [0.5, 0.6) is 0 Å². The van der Waals surface area contributed by atoms with Crippen LogP contribution in [0.2, 0.25) is 0 Å². The van der Waals surface area contributed by atoms with E-state index in [-0.39, 0.29) is 0 Å². The molecule has 20 heavy (non-hydrogen) atoms. The predicted molar refractivity (Wildman–Crippen MR) is 88.4 cm³/mol. The topological polar surface area (TPSA) is 29.1 Å². The van der Waals surface area contributed by atoms with E-state index in [1.807, 2.05) is 18.5 Å². The molecule has 2 aromatic rings. The summed E-state index contributed by atoms with van der Waals surface area (Å²) in [6.45, 7) is 0. The first-order valence-corrected chi connectivity index (χ1v) is 8.41. The summed E-state index contributed by atoms with van der Waals surface area (Å²) in [4.78, 5) is 12.3. The number of nitrogens with one attached hydrogen (secondary N) is 1. The molecule has 2 nitrogen and oxygen atoms in total. The summed E-state index contributed by atoms with van der Waals surface area (Å²) in [5.74, 6) is 0. The van der Waals surface area contributed by atoms with Gasteiger partial charge in [-0.3, -0.25) is 4.79 Å². The summed E-state index contributed by atoms with van der Waals surface area (Å²) in [6, 6.07) is 8.28.